The molecular weight excluding hydrogens is 398 g/mol. The molecule has 2 aliphatic rings. The van der Waals surface area contributed by atoms with E-state index < -0.39 is 21.7 Å². The molecule has 2 saturated heterocycles. The lowest BCUT2D eigenvalue weighted by Gasteiger charge is -2.30. The standard InChI is InChI=1S/C15H22ClN5O5S/c1-27(24,25)21-6-2-10(3-7-21)18-15(23)26-11-4-5-20(9-11)12-8-17-19-14(22)13(12)16/h8,10-11H,2-7,9H2,1H3,(H,18,23)(H,19,22)/t11-/m1/s1. The van der Waals surface area contributed by atoms with Gasteiger partial charge in [-0.25, -0.2) is 22.6 Å². The maximum absolute atomic E-state index is 12.1. The van der Waals surface area contributed by atoms with E-state index in [1.54, 1.807) is 0 Å². The first kappa shape index (κ1) is 19.9. The highest BCUT2D eigenvalue weighted by Crippen LogP contribution is 2.25. The minimum Gasteiger partial charge on any atom is -0.444 e. The van der Waals surface area contributed by atoms with Gasteiger partial charge >= 0.3 is 6.09 Å². The highest BCUT2D eigenvalue weighted by molar-refractivity contribution is 7.88. The van der Waals surface area contributed by atoms with Crippen molar-refractivity contribution in [1.82, 2.24) is 19.8 Å². The molecule has 0 aromatic carbocycles. The maximum atomic E-state index is 12.1. The molecule has 0 bridgehead atoms. The van der Waals surface area contributed by atoms with E-state index >= 15 is 0 Å². The van der Waals surface area contributed by atoms with E-state index in [-0.39, 0.29) is 17.2 Å². The topological polar surface area (TPSA) is 125 Å². The van der Waals surface area contributed by atoms with Gasteiger partial charge in [-0.15, -0.1) is 0 Å². The number of amides is 1. The van der Waals surface area contributed by atoms with Crippen LogP contribution in [-0.4, -0.2) is 73.6 Å². The SMILES string of the molecule is CS(=O)(=O)N1CCC(NC(=O)O[C@@H]2CCN(c3cn[nH]c(=O)c3Cl)C2)CC1. The molecule has 2 aliphatic heterocycles. The quantitative estimate of drug-likeness (QED) is 0.711. The van der Waals surface area contributed by atoms with Crippen LogP contribution in [0.1, 0.15) is 19.3 Å². The smallest absolute Gasteiger partial charge is 0.407 e. The minimum absolute atomic E-state index is 0.0627. The van der Waals surface area contributed by atoms with Gasteiger partial charge in [-0.05, 0) is 12.8 Å². The normalized spacial score (nSPS) is 22.0. The number of alkyl carbamates (subject to hydrolysis) is 1. The van der Waals surface area contributed by atoms with Crippen LogP contribution >= 0.6 is 11.6 Å². The number of ether oxygens (including phenoxy) is 1. The fourth-order valence-corrected chi connectivity index (χ4v) is 4.41. The van der Waals surface area contributed by atoms with Crippen molar-refractivity contribution < 1.29 is 17.9 Å². The van der Waals surface area contributed by atoms with Crippen molar-refractivity contribution >= 4 is 33.4 Å². The average Bonchev–Trinajstić information content (AvgIpc) is 3.05. The van der Waals surface area contributed by atoms with Gasteiger partial charge in [-0.3, -0.25) is 4.79 Å². The second-order valence-corrected chi connectivity index (χ2v) is 9.10. The third-order valence-corrected chi connectivity index (χ3v) is 6.45. The highest BCUT2D eigenvalue weighted by Gasteiger charge is 2.30. The number of rotatable bonds is 4. The number of anilines is 1. The Kier molecular flexibility index (Phi) is 5.92. The first-order chi connectivity index (χ1) is 12.7. The predicted molar refractivity (Wildman–Crippen MR) is 99.5 cm³/mol. The summed E-state index contributed by atoms with van der Waals surface area (Å²) in [5, 5.41) is 8.87. The molecule has 0 aliphatic carbocycles. The van der Waals surface area contributed by atoms with Gasteiger partial charge in [0.25, 0.3) is 5.56 Å². The van der Waals surface area contributed by atoms with E-state index in [0.717, 1.165) is 0 Å². The van der Waals surface area contributed by atoms with Crippen molar-refractivity contribution in [3.63, 3.8) is 0 Å². The molecule has 12 heteroatoms. The molecule has 1 aromatic heterocycles. The largest absolute Gasteiger partial charge is 0.444 e. The van der Waals surface area contributed by atoms with Gasteiger partial charge in [-0.2, -0.15) is 5.10 Å². The van der Waals surface area contributed by atoms with Crippen LogP contribution in [0.4, 0.5) is 10.5 Å². The zero-order valence-corrected chi connectivity index (χ0v) is 16.4. The Hall–Kier alpha value is -1.85. The minimum atomic E-state index is -3.19. The van der Waals surface area contributed by atoms with Crippen molar-refractivity contribution in [3.8, 4) is 0 Å². The number of aromatic amines is 1. The van der Waals surface area contributed by atoms with Gasteiger partial charge in [0.1, 0.15) is 11.1 Å². The summed E-state index contributed by atoms with van der Waals surface area (Å²) in [7, 11) is -3.19. The fourth-order valence-electron chi connectivity index (χ4n) is 3.32. The second-order valence-electron chi connectivity index (χ2n) is 6.74. The summed E-state index contributed by atoms with van der Waals surface area (Å²) in [4.78, 5) is 25.5. The van der Waals surface area contributed by atoms with E-state index in [1.165, 1.54) is 16.8 Å². The van der Waals surface area contributed by atoms with E-state index in [4.69, 9.17) is 16.3 Å². The third-order valence-electron chi connectivity index (χ3n) is 4.78. The number of carbonyl (C=O) groups is 1. The number of halogens is 1. The summed E-state index contributed by atoms with van der Waals surface area (Å²) in [6, 6.07) is -0.112. The molecule has 1 amide bonds. The number of sulfonamides is 1. The molecule has 0 spiro atoms. The fraction of sp³-hybridized carbons (Fsp3) is 0.667. The number of nitrogens with one attached hydrogen (secondary N) is 2. The molecule has 3 heterocycles. The molecule has 0 radical (unpaired) electrons. The van der Waals surface area contributed by atoms with Crippen LogP contribution in [-0.2, 0) is 14.8 Å². The van der Waals surface area contributed by atoms with Crippen molar-refractivity contribution in [2.24, 2.45) is 0 Å². The molecule has 0 unspecified atom stereocenters. The average molecular weight is 420 g/mol. The highest BCUT2D eigenvalue weighted by atomic mass is 35.5. The van der Waals surface area contributed by atoms with Crippen LogP contribution in [0, 0.1) is 0 Å². The van der Waals surface area contributed by atoms with Crippen molar-refractivity contribution in [2.45, 2.75) is 31.4 Å². The summed E-state index contributed by atoms with van der Waals surface area (Å²) in [6.45, 7) is 1.78. The van der Waals surface area contributed by atoms with Crippen molar-refractivity contribution in [1.29, 1.82) is 0 Å². The van der Waals surface area contributed by atoms with Gasteiger partial charge in [0.05, 0.1) is 24.7 Å². The Morgan fingerprint density at radius 3 is 2.70 bits per heavy atom. The lowest BCUT2D eigenvalue weighted by molar-refractivity contribution is 0.102. The van der Waals surface area contributed by atoms with Gasteiger partial charge in [0.15, 0.2) is 0 Å². The van der Waals surface area contributed by atoms with Gasteiger partial charge in [-0.1, -0.05) is 11.6 Å². The van der Waals surface area contributed by atoms with Crippen molar-refractivity contribution in [2.75, 3.05) is 37.3 Å². The van der Waals surface area contributed by atoms with E-state index in [1.807, 2.05) is 4.90 Å². The lowest BCUT2D eigenvalue weighted by Crippen LogP contribution is -2.46. The van der Waals surface area contributed by atoms with Crippen LogP contribution in [0.2, 0.25) is 5.02 Å². The number of aromatic nitrogens is 2. The Morgan fingerprint density at radius 2 is 2.04 bits per heavy atom. The maximum Gasteiger partial charge on any atom is 0.407 e. The Bertz CT molecular complexity index is 852. The Labute approximate surface area is 161 Å². The molecule has 2 N–H and O–H groups in total. The zero-order valence-electron chi connectivity index (χ0n) is 14.9. The number of carbonyl (C=O) groups excluding carboxylic acids is 1. The van der Waals surface area contributed by atoms with Gasteiger partial charge in [0, 0.05) is 32.1 Å². The van der Waals surface area contributed by atoms with Crippen LogP contribution in [0.3, 0.4) is 0 Å². The molecular formula is C15H22ClN5O5S. The van der Waals surface area contributed by atoms with Gasteiger partial charge < -0.3 is 15.0 Å². The molecule has 150 valence electrons. The number of hydrogen-bond acceptors (Lipinski definition) is 7. The second kappa shape index (κ2) is 8.03. The number of piperidine rings is 1. The van der Waals surface area contributed by atoms with Crippen LogP contribution in [0.25, 0.3) is 0 Å². The number of nitrogens with zero attached hydrogens (tertiary/aromatic N) is 3. The lowest BCUT2D eigenvalue weighted by atomic mass is 10.1. The van der Waals surface area contributed by atoms with Crippen LogP contribution < -0.4 is 15.8 Å². The summed E-state index contributed by atoms with van der Waals surface area (Å²) in [5.41, 5.74) is 0.0526. The zero-order chi connectivity index (χ0) is 19.6. The Morgan fingerprint density at radius 1 is 1.33 bits per heavy atom. The van der Waals surface area contributed by atoms with E-state index in [2.05, 4.69) is 15.5 Å². The third kappa shape index (κ3) is 4.90. The summed E-state index contributed by atoms with van der Waals surface area (Å²) in [6.07, 6.45) is 3.53. The first-order valence-electron chi connectivity index (χ1n) is 8.64. The van der Waals surface area contributed by atoms with Crippen molar-refractivity contribution in [3.05, 3.63) is 21.6 Å². The van der Waals surface area contributed by atoms with Crippen LogP contribution in [0.15, 0.2) is 11.0 Å². The molecule has 10 nitrogen and oxygen atoms in total. The first-order valence-corrected chi connectivity index (χ1v) is 10.9. The number of H-pyrrole nitrogens is 1. The van der Waals surface area contributed by atoms with Crippen LogP contribution in [0.5, 0.6) is 0 Å². The van der Waals surface area contributed by atoms with E-state index in [9.17, 15) is 18.0 Å². The molecule has 27 heavy (non-hydrogen) atoms. The summed E-state index contributed by atoms with van der Waals surface area (Å²) < 4.78 is 29.9. The van der Waals surface area contributed by atoms with E-state index in [0.29, 0.717) is 51.1 Å². The van der Waals surface area contributed by atoms with Gasteiger partial charge in [0.2, 0.25) is 10.0 Å². The monoisotopic (exact) mass is 419 g/mol. The molecule has 1 atom stereocenters. The summed E-state index contributed by atoms with van der Waals surface area (Å²) >= 11 is 6.01. The number of hydrogen-bond donors (Lipinski definition) is 2. The molecule has 1 aromatic rings. The Balaban J connectivity index is 1.47. The predicted octanol–water partition coefficient (Wildman–Crippen LogP) is 0.152. The summed E-state index contributed by atoms with van der Waals surface area (Å²) in [5.74, 6) is 0. The molecule has 2 fully saturated rings. The molecule has 0 saturated carbocycles. The molecule has 3 rings (SSSR count).